The Morgan fingerprint density at radius 1 is 1.32 bits per heavy atom. The first-order valence-corrected chi connectivity index (χ1v) is 7.12. The van der Waals surface area contributed by atoms with E-state index in [4.69, 9.17) is 0 Å². The van der Waals surface area contributed by atoms with Crippen LogP contribution in [0.15, 0.2) is 24.3 Å². The second kappa shape index (κ2) is 6.85. The first-order chi connectivity index (χ1) is 8.78. The Kier molecular flexibility index (Phi) is 5.74. The molecular weight excluding hydrogens is 236 g/mol. The second-order valence-electron chi connectivity index (χ2n) is 6.37. The zero-order valence-corrected chi connectivity index (χ0v) is 12.6. The van der Waals surface area contributed by atoms with Gasteiger partial charge in [-0.3, -0.25) is 4.79 Å². The fourth-order valence-electron chi connectivity index (χ4n) is 1.92. The largest absolute Gasteiger partial charge is 0.390 e. The second-order valence-corrected chi connectivity index (χ2v) is 6.37. The van der Waals surface area contributed by atoms with E-state index in [0.29, 0.717) is 18.8 Å². The molecule has 0 saturated heterocycles. The van der Waals surface area contributed by atoms with Crippen LogP contribution in [0.3, 0.4) is 0 Å². The lowest BCUT2D eigenvalue weighted by atomic mass is 9.96. The summed E-state index contributed by atoms with van der Waals surface area (Å²) in [6.07, 6.45) is 3.06. The molecule has 0 saturated carbocycles. The fourth-order valence-corrected chi connectivity index (χ4v) is 1.92. The summed E-state index contributed by atoms with van der Waals surface area (Å²) < 4.78 is 0. The minimum Gasteiger partial charge on any atom is -0.390 e. The Morgan fingerprint density at radius 3 is 2.58 bits per heavy atom. The van der Waals surface area contributed by atoms with E-state index < -0.39 is 5.60 Å². The molecule has 0 aliphatic rings. The number of aliphatic hydroxyl groups is 1. The van der Waals surface area contributed by atoms with E-state index in [2.05, 4.69) is 19.9 Å². The van der Waals surface area contributed by atoms with Gasteiger partial charge in [-0.1, -0.05) is 32.0 Å². The minimum atomic E-state index is -0.773. The van der Waals surface area contributed by atoms with Crippen molar-refractivity contribution < 1.29 is 9.90 Å². The highest BCUT2D eigenvalue weighted by atomic mass is 16.3. The molecule has 1 aromatic carbocycles. The quantitative estimate of drug-likeness (QED) is 0.754. The van der Waals surface area contributed by atoms with E-state index in [1.807, 2.05) is 18.2 Å². The highest BCUT2D eigenvalue weighted by molar-refractivity contribution is 5.96. The molecule has 0 aromatic heterocycles. The van der Waals surface area contributed by atoms with Crippen molar-refractivity contribution >= 4 is 5.78 Å². The zero-order chi connectivity index (χ0) is 14.5. The standard InChI is InChI=1S/C17H26O2/c1-13(2)8-9-14-6-5-7-15(12-14)16(18)10-11-17(3,4)19/h5-7,12-13,19H,8-11H2,1-4H3. The van der Waals surface area contributed by atoms with Crippen molar-refractivity contribution in [1.29, 1.82) is 0 Å². The number of aryl methyl sites for hydroxylation is 1. The molecule has 1 aromatic rings. The van der Waals surface area contributed by atoms with Crippen LogP contribution < -0.4 is 0 Å². The van der Waals surface area contributed by atoms with Gasteiger partial charge < -0.3 is 5.11 Å². The van der Waals surface area contributed by atoms with Gasteiger partial charge in [0, 0.05) is 12.0 Å². The SMILES string of the molecule is CC(C)CCc1cccc(C(=O)CCC(C)(C)O)c1. The van der Waals surface area contributed by atoms with Crippen LogP contribution in [0, 0.1) is 5.92 Å². The molecule has 0 amide bonds. The molecule has 1 rings (SSSR count). The molecule has 0 radical (unpaired) electrons. The topological polar surface area (TPSA) is 37.3 Å². The molecule has 0 fully saturated rings. The lowest BCUT2D eigenvalue weighted by Crippen LogP contribution is -2.19. The van der Waals surface area contributed by atoms with Crippen molar-refractivity contribution in [3.05, 3.63) is 35.4 Å². The summed E-state index contributed by atoms with van der Waals surface area (Å²) in [7, 11) is 0. The summed E-state index contributed by atoms with van der Waals surface area (Å²) >= 11 is 0. The van der Waals surface area contributed by atoms with E-state index in [1.54, 1.807) is 13.8 Å². The van der Waals surface area contributed by atoms with Crippen LogP contribution in [-0.2, 0) is 6.42 Å². The monoisotopic (exact) mass is 262 g/mol. The molecule has 0 heterocycles. The molecule has 2 nitrogen and oxygen atoms in total. The van der Waals surface area contributed by atoms with Gasteiger partial charge >= 0.3 is 0 Å². The predicted octanol–water partition coefficient (Wildman–Crippen LogP) is 4.01. The van der Waals surface area contributed by atoms with Crippen LogP contribution in [0.25, 0.3) is 0 Å². The Bertz CT molecular complexity index is 414. The summed E-state index contributed by atoms with van der Waals surface area (Å²) in [6, 6.07) is 7.89. The average Bonchev–Trinajstić information content (AvgIpc) is 2.33. The van der Waals surface area contributed by atoms with Crippen LogP contribution in [-0.4, -0.2) is 16.5 Å². The number of Topliss-reactive ketones (excluding diaryl/α,β-unsaturated/α-hetero) is 1. The zero-order valence-electron chi connectivity index (χ0n) is 12.6. The van der Waals surface area contributed by atoms with E-state index in [0.717, 1.165) is 18.4 Å². The first kappa shape index (κ1) is 15.9. The molecule has 0 spiro atoms. The smallest absolute Gasteiger partial charge is 0.162 e. The van der Waals surface area contributed by atoms with Gasteiger partial charge in [0.25, 0.3) is 0 Å². The van der Waals surface area contributed by atoms with Gasteiger partial charge in [0.2, 0.25) is 0 Å². The van der Waals surface area contributed by atoms with E-state index in [9.17, 15) is 9.90 Å². The normalized spacial score (nSPS) is 11.9. The van der Waals surface area contributed by atoms with Crippen molar-refractivity contribution in [2.24, 2.45) is 5.92 Å². The van der Waals surface area contributed by atoms with Gasteiger partial charge in [0.05, 0.1) is 5.60 Å². The first-order valence-electron chi connectivity index (χ1n) is 7.12. The Balaban J connectivity index is 2.62. The Labute approximate surface area is 116 Å². The summed E-state index contributed by atoms with van der Waals surface area (Å²) in [5.74, 6) is 0.795. The van der Waals surface area contributed by atoms with Crippen molar-refractivity contribution in [2.45, 2.75) is 59.0 Å². The van der Waals surface area contributed by atoms with E-state index in [-0.39, 0.29) is 5.78 Å². The van der Waals surface area contributed by atoms with Crippen molar-refractivity contribution in [3.63, 3.8) is 0 Å². The summed E-state index contributed by atoms with van der Waals surface area (Å²) in [5, 5.41) is 9.66. The van der Waals surface area contributed by atoms with Crippen molar-refractivity contribution in [3.8, 4) is 0 Å². The Hall–Kier alpha value is -1.15. The third-order valence-corrected chi connectivity index (χ3v) is 3.22. The lowest BCUT2D eigenvalue weighted by Gasteiger charge is -2.16. The molecule has 106 valence electrons. The van der Waals surface area contributed by atoms with Gasteiger partial charge in [-0.05, 0) is 50.7 Å². The van der Waals surface area contributed by atoms with E-state index >= 15 is 0 Å². The number of hydrogen-bond donors (Lipinski definition) is 1. The van der Waals surface area contributed by atoms with Crippen LogP contribution in [0.4, 0.5) is 0 Å². The maximum atomic E-state index is 12.1. The molecule has 0 atom stereocenters. The fraction of sp³-hybridized carbons (Fsp3) is 0.588. The molecule has 0 aliphatic heterocycles. The third kappa shape index (κ3) is 6.53. The highest BCUT2D eigenvalue weighted by Crippen LogP contribution is 2.16. The maximum Gasteiger partial charge on any atom is 0.162 e. The van der Waals surface area contributed by atoms with Crippen LogP contribution in [0.2, 0.25) is 0 Å². The minimum absolute atomic E-state index is 0.119. The molecule has 0 unspecified atom stereocenters. The Morgan fingerprint density at radius 2 is 2.00 bits per heavy atom. The van der Waals surface area contributed by atoms with Gasteiger partial charge in [-0.2, -0.15) is 0 Å². The van der Waals surface area contributed by atoms with Gasteiger partial charge in [0.1, 0.15) is 0 Å². The van der Waals surface area contributed by atoms with Gasteiger partial charge in [0.15, 0.2) is 5.78 Å². The number of ketones is 1. The van der Waals surface area contributed by atoms with Crippen LogP contribution in [0.1, 0.15) is 62.9 Å². The average molecular weight is 262 g/mol. The number of carbonyl (C=O) groups is 1. The van der Waals surface area contributed by atoms with E-state index in [1.165, 1.54) is 5.56 Å². The number of hydrogen-bond acceptors (Lipinski definition) is 2. The predicted molar refractivity (Wildman–Crippen MR) is 79.5 cm³/mol. The highest BCUT2D eigenvalue weighted by Gasteiger charge is 2.15. The maximum absolute atomic E-state index is 12.1. The summed E-state index contributed by atoms with van der Waals surface area (Å²) in [6.45, 7) is 7.88. The van der Waals surface area contributed by atoms with Crippen molar-refractivity contribution in [2.75, 3.05) is 0 Å². The number of benzene rings is 1. The molecule has 0 aliphatic carbocycles. The number of carbonyl (C=O) groups excluding carboxylic acids is 1. The molecule has 1 N–H and O–H groups in total. The molecule has 19 heavy (non-hydrogen) atoms. The molecular formula is C17H26O2. The van der Waals surface area contributed by atoms with Gasteiger partial charge in [-0.15, -0.1) is 0 Å². The summed E-state index contributed by atoms with van der Waals surface area (Å²) in [4.78, 5) is 12.1. The molecule has 2 heteroatoms. The van der Waals surface area contributed by atoms with Crippen molar-refractivity contribution in [1.82, 2.24) is 0 Å². The third-order valence-electron chi connectivity index (χ3n) is 3.22. The summed E-state index contributed by atoms with van der Waals surface area (Å²) in [5.41, 5.74) is 1.22. The lowest BCUT2D eigenvalue weighted by molar-refractivity contribution is 0.0633. The van der Waals surface area contributed by atoms with Crippen LogP contribution >= 0.6 is 0 Å². The van der Waals surface area contributed by atoms with Gasteiger partial charge in [-0.25, -0.2) is 0 Å². The van der Waals surface area contributed by atoms with Crippen LogP contribution in [0.5, 0.6) is 0 Å². The molecule has 0 bridgehead atoms. The number of rotatable bonds is 7.